The first-order valence-electron chi connectivity index (χ1n) is 8.82. The van der Waals surface area contributed by atoms with Crippen LogP contribution in [-0.4, -0.2) is 47.2 Å². The molecule has 1 N–H and O–H groups in total. The lowest BCUT2D eigenvalue weighted by molar-refractivity contribution is -0.125. The van der Waals surface area contributed by atoms with Gasteiger partial charge in [0.2, 0.25) is 5.91 Å². The molecule has 4 nitrogen and oxygen atoms in total. The predicted molar refractivity (Wildman–Crippen MR) is 92.5 cm³/mol. The zero-order chi connectivity index (χ0) is 16.6. The molecule has 1 fully saturated rings. The average Bonchev–Trinajstić information content (AvgIpc) is 2.56. The Balaban J connectivity index is 1.79. The molecule has 0 radical (unpaired) electrons. The van der Waals surface area contributed by atoms with Crippen molar-refractivity contribution in [3.63, 3.8) is 0 Å². The summed E-state index contributed by atoms with van der Waals surface area (Å²) in [4.78, 5) is 17.3. The molecular formula is C19H28N2O2. The van der Waals surface area contributed by atoms with Gasteiger partial charge in [-0.1, -0.05) is 25.1 Å². The highest BCUT2D eigenvalue weighted by atomic mass is 16.3. The second-order valence-electron chi connectivity index (χ2n) is 7.23. The summed E-state index contributed by atoms with van der Waals surface area (Å²) in [5.74, 6) is 0.481. The first-order chi connectivity index (χ1) is 11.0. The first kappa shape index (κ1) is 16.5. The Kier molecular flexibility index (Phi) is 4.74. The zero-order valence-corrected chi connectivity index (χ0v) is 14.4. The van der Waals surface area contributed by atoms with Gasteiger partial charge in [-0.05, 0) is 57.2 Å². The summed E-state index contributed by atoms with van der Waals surface area (Å²) >= 11 is 0. The molecule has 4 atom stereocenters. The Morgan fingerprint density at radius 1 is 1.26 bits per heavy atom. The summed E-state index contributed by atoms with van der Waals surface area (Å²) in [5, 5.41) is 10.1. The molecule has 2 heterocycles. The van der Waals surface area contributed by atoms with Crippen LogP contribution < -0.4 is 4.90 Å². The molecule has 2 aliphatic heterocycles. The second kappa shape index (κ2) is 6.62. The van der Waals surface area contributed by atoms with E-state index in [1.54, 1.807) is 0 Å². The smallest absolute Gasteiger partial charge is 0.244 e. The molecule has 4 unspecified atom stereocenters. The van der Waals surface area contributed by atoms with E-state index in [4.69, 9.17) is 0 Å². The molecule has 23 heavy (non-hydrogen) atoms. The number of hydrogen-bond acceptors (Lipinski definition) is 3. The maximum atomic E-state index is 13.2. The van der Waals surface area contributed by atoms with Crippen molar-refractivity contribution in [3.05, 3.63) is 29.8 Å². The summed E-state index contributed by atoms with van der Waals surface area (Å²) < 4.78 is 0. The van der Waals surface area contributed by atoms with Crippen LogP contribution in [0, 0.1) is 5.92 Å². The summed E-state index contributed by atoms with van der Waals surface area (Å²) in [6.45, 7) is 7.67. The summed E-state index contributed by atoms with van der Waals surface area (Å²) in [6.07, 6.45) is 2.67. The number of amides is 1. The summed E-state index contributed by atoms with van der Waals surface area (Å²) in [5.41, 5.74) is 2.33. The lowest BCUT2D eigenvalue weighted by Crippen LogP contribution is -2.55. The Hall–Kier alpha value is -1.39. The van der Waals surface area contributed by atoms with Crippen LogP contribution in [0.1, 0.15) is 39.2 Å². The molecule has 0 spiro atoms. The monoisotopic (exact) mass is 316 g/mol. The van der Waals surface area contributed by atoms with Crippen LogP contribution in [0.3, 0.4) is 0 Å². The number of anilines is 1. The Bertz CT molecular complexity index is 574. The molecule has 0 aliphatic carbocycles. The third kappa shape index (κ3) is 3.15. The van der Waals surface area contributed by atoms with Crippen molar-refractivity contribution in [1.29, 1.82) is 0 Å². The van der Waals surface area contributed by atoms with Gasteiger partial charge >= 0.3 is 0 Å². The van der Waals surface area contributed by atoms with Crippen molar-refractivity contribution >= 4 is 11.6 Å². The SMILES string of the molecule is CC1CCN(C(C)C(=O)N2c3ccccc3CCC2C)CC1O. The van der Waals surface area contributed by atoms with E-state index in [2.05, 4.69) is 30.9 Å². The minimum absolute atomic E-state index is 0.159. The number of carbonyl (C=O) groups excluding carboxylic acids is 1. The minimum Gasteiger partial charge on any atom is -0.392 e. The first-order valence-corrected chi connectivity index (χ1v) is 8.82. The van der Waals surface area contributed by atoms with Crippen LogP contribution in [-0.2, 0) is 11.2 Å². The second-order valence-corrected chi connectivity index (χ2v) is 7.23. The molecule has 0 bridgehead atoms. The van der Waals surface area contributed by atoms with Gasteiger partial charge in [-0.2, -0.15) is 0 Å². The maximum Gasteiger partial charge on any atom is 0.244 e. The van der Waals surface area contributed by atoms with Gasteiger partial charge in [-0.3, -0.25) is 9.69 Å². The lowest BCUT2D eigenvalue weighted by Gasteiger charge is -2.42. The molecule has 1 amide bonds. The van der Waals surface area contributed by atoms with E-state index in [1.807, 2.05) is 24.0 Å². The number of aliphatic hydroxyl groups excluding tert-OH is 1. The van der Waals surface area contributed by atoms with E-state index in [9.17, 15) is 9.90 Å². The predicted octanol–water partition coefficient (Wildman–Crippen LogP) is 2.45. The van der Waals surface area contributed by atoms with Crippen molar-refractivity contribution in [1.82, 2.24) is 4.90 Å². The number of aryl methyl sites for hydroxylation is 1. The van der Waals surface area contributed by atoms with Gasteiger partial charge in [-0.15, -0.1) is 0 Å². The van der Waals surface area contributed by atoms with Crippen molar-refractivity contribution < 1.29 is 9.90 Å². The van der Waals surface area contributed by atoms with Gasteiger partial charge in [0, 0.05) is 18.3 Å². The van der Waals surface area contributed by atoms with Gasteiger partial charge in [0.1, 0.15) is 0 Å². The molecule has 0 aromatic heterocycles. The van der Waals surface area contributed by atoms with E-state index < -0.39 is 0 Å². The number of hydrogen-bond donors (Lipinski definition) is 1. The van der Waals surface area contributed by atoms with Gasteiger partial charge in [0.25, 0.3) is 0 Å². The third-order valence-corrected chi connectivity index (χ3v) is 5.62. The molecule has 126 valence electrons. The number of benzene rings is 1. The fraction of sp³-hybridized carbons (Fsp3) is 0.632. The van der Waals surface area contributed by atoms with Crippen LogP contribution in [0.2, 0.25) is 0 Å². The van der Waals surface area contributed by atoms with E-state index in [0.29, 0.717) is 12.5 Å². The number of nitrogens with zero attached hydrogens (tertiary/aromatic N) is 2. The van der Waals surface area contributed by atoms with Crippen molar-refractivity contribution in [2.24, 2.45) is 5.92 Å². The highest BCUT2D eigenvalue weighted by Crippen LogP contribution is 2.32. The molecule has 2 aliphatic rings. The molecule has 1 aromatic rings. The van der Waals surface area contributed by atoms with Crippen LogP contribution in [0.25, 0.3) is 0 Å². The molecule has 4 heteroatoms. The third-order valence-electron chi connectivity index (χ3n) is 5.62. The van der Waals surface area contributed by atoms with Gasteiger partial charge < -0.3 is 10.0 Å². The Morgan fingerprint density at radius 3 is 2.74 bits per heavy atom. The summed E-state index contributed by atoms with van der Waals surface area (Å²) in [7, 11) is 0. The minimum atomic E-state index is -0.329. The van der Waals surface area contributed by atoms with Crippen molar-refractivity contribution in [2.45, 2.75) is 58.2 Å². The fourth-order valence-corrected chi connectivity index (χ4v) is 3.81. The number of para-hydroxylation sites is 1. The van der Waals surface area contributed by atoms with E-state index in [-0.39, 0.29) is 24.1 Å². The largest absolute Gasteiger partial charge is 0.392 e. The van der Waals surface area contributed by atoms with E-state index in [0.717, 1.165) is 31.5 Å². The van der Waals surface area contributed by atoms with Crippen LogP contribution >= 0.6 is 0 Å². The van der Waals surface area contributed by atoms with E-state index >= 15 is 0 Å². The van der Waals surface area contributed by atoms with Gasteiger partial charge in [-0.25, -0.2) is 0 Å². The number of rotatable bonds is 2. The lowest BCUT2D eigenvalue weighted by atomic mass is 9.93. The van der Waals surface area contributed by atoms with Crippen molar-refractivity contribution in [2.75, 3.05) is 18.0 Å². The number of aliphatic hydroxyl groups is 1. The highest BCUT2D eigenvalue weighted by molar-refractivity contribution is 5.98. The average molecular weight is 316 g/mol. The number of β-amino-alcohol motifs (C(OH)–C–C–N with tert-alkyl or cyclic N) is 1. The molecule has 1 saturated heterocycles. The normalized spacial score (nSPS) is 29.9. The van der Waals surface area contributed by atoms with Crippen LogP contribution in [0.4, 0.5) is 5.69 Å². The van der Waals surface area contributed by atoms with Crippen LogP contribution in [0.5, 0.6) is 0 Å². The van der Waals surface area contributed by atoms with Crippen molar-refractivity contribution in [3.8, 4) is 0 Å². The highest BCUT2D eigenvalue weighted by Gasteiger charge is 2.35. The van der Waals surface area contributed by atoms with Gasteiger partial charge in [0.15, 0.2) is 0 Å². The van der Waals surface area contributed by atoms with E-state index in [1.165, 1.54) is 5.56 Å². The number of likely N-dealkylation sites (tertiary alicyclic amines) is 1. The molecule has 3 rings (SSSR count). The quantitative estimate of drug-likeness (QED) is 0.911. The number of fused-ring (bicyclic) bond motifs is 1. The summed E-state index contributed by atoms with van der Waals surface area (Å²) in [6, 6.07) is 8.28. The zero-order valence-electron chi connectivity index (χ0n) is 14.4. The molecule has 1 aromatic carbocycles. The number of piperidine rings is 1. The Morgan fingerprint density at radius 2 is 2.00 bits per heavy atom. The number of carbonyl (C=O) groups is 1. The Labute approximate surface area is 139 Å². The standard InChI is InChI=1S/C19H28N2O2/c1-13-10-11-20(12-18(13)22)15(3)19(23)21-14(2)8-9-16-6-4-5-7-17(16)21/h4-7,13-15,18,22H,8-12H2,1-3H3. The van der Waals surface area contributed by atoms with Gasteiger partial charge in [0.05, 0.1) is 12.1 Å². The maximum absolute atomic E-state index is 13.2. The van der Waals surface area contributed by atoms with Crippen LogP contribution in [0.15, 0.2) is 24.3 Å². The fourth-order valence-electron chi connectivity index (χ4n) is 3.81. The molecule has 0 saturated carbocycles. The topological polar surface area (TPSA) is 43.8 Å². The molecular weight excluding hydrogens is 288 g/mol.